The Kier molecular flexibility index (Phi) is 7.56. The summed E-state index contributed by atoms with van der Waals surface area (Å²) in [5.41, 5.74) is 11.5. The molecular formula is C31H33N5O3. The third-order valence-electron chi connectivity index (χ3n) is 7.54. The number of amides is 3. The molecule has 3 aliphatic rings. The summed E-state index contributed by atoms with van der Waals surface area (Å²) in [5, 5.41) is 5.90. The molecule has 2 unspecified atom stereocenters. The Balaban J connectivity index is 1.22. The summed E-state index contributed by atoms with van der Waals surface area (Å²) in [5.74, 6) is -0.790. The van der Waals surface area contributed by atoms with Crippen molar-refractivity contribution in [3.63, 3.8) is 0 Å². The van der Waals surface area contributed by atoms with Gasteiger partial charge in [-0.2, -0.15) is 0 Å². The minimum atomic E-state index is -0.523. The van der Waals surface area contributed by atoms with Crippen LogP contribution >= 0.6 is 0 Å². The summed E-state index contributed by atoms with van der Waals surface area (Å²) in [6.45, 7) is 4.21. The van der Waals surface area contributed by atoms with Gasteiger partial charge in [-0.15, -0.1) is 0 Å². The number of primary amides is 1. The molecule has 8 nitrogen and oxygen atoms in total. The van der Waals surface area contributed by atoms with E-state index in [1.165, 1.54) is 11.1 Å². The van der Waals surface area contributed by atoms with Crippen LogP contribution in [0.15, 0.2) is 83.0 Å². The summed E-state index contributed by atoms with van der Waals surface area (Å²) in [6.07, 6.45) is 8.84. The summed E-state index contributed by atoms with van der Waals surface area (Å²) in [4.78, 5) is 44.5. The van der Waals surface area contributed by atoms with Gasteiger partial charge >= 0.3 is 0 Å². The largest absolute Gasteiger partial charge is 0.366 e. The topological polar surface area (TPSA) is 117 Å². The number of aliphatic imine (C=N–C) groups is 1. The molecule has 39 heavy (non-hydrogen) atoms. The van der Waals surface area contributed by atoms with E-state index >= 15 is 0 Å². The fraction of sp³-hybridized carbons (Fsp3) is 0.290. The number of anilines is 1. The fourth-order valence-corrected chi connectivity index (χ4v) is 5.22. The second-order valence-corrected chi connectivity index (χ2v) is 10.5. The minimum Gasteiger partial charge on any atom is -0.366 e. The molecule has 0 radical (unpaired) electrons. The molecule has 2 heterocycles. The minimum absolute atomic E-state index is 0.0841. The van der Waals surface area contributed by atoms with E-state index in [2.05, 4.69) is 40.6 Å². The zero-order valence-corrected chi connectivity index (χ0v) is 22.2. The van der Waals surface area contributed by atoms with E-state index in [0.29, 0.717) is 29.0 Å². The lowest BCUT2D eigenvalue weighted by Crippen LogP contribution is -2.28. The monoisotopic (exact) mass is 523 g/mol. The lowest BCUT2D eigenvalue weighted by atomic mass is 9.85. The molecule has 0 fully saturated rings. The van der Waals surface area contributed by atoms with Gasteiger partial charge in [0.2, 0.25) is 5.91 Å². The highest BCUT2D eigenvalue weighted by Crippen LogP contribution is 2.29. The molecule has 4 N–H and O–H groups in total. The Morgan fingerprint density at radius 1 is 1.10 bits per heavy atom. The number of nitrogens with two attached hydrogens (primary N) is 1. The van der Waals surface area contributed by atoms with Gasteiger partial charge in [0.15, 0.2) is 0 Å². The number of benzene rings is 2. The molecule has 3 amide bonds. The van der Waals surface area contributed by atoms with Crippen LogP contribution in [0.2, 0.25) is 0 Å². The molecule has 2 aromatic carbocycles. The Hall–Kier alpha value is -4.30. The quantitative estimate of drug-likeness (QED) is 0.537. The molecular weight excluding hydrogens is 490 g/mol. The Labute approximate surface area is 228 Å². The molecule has 5 rings (SSSR count). The van der Waals surface area contributed by atoms with E-state index in [1.807, 2.05) is 30.4 Å². The summed E-state index contributed by atoms with van der Waals surface area (Å²) < 4.78 is 0. The number of nitrogens with one attached hydrogen (secondary N) is 2. The normalized spacial score (nSPS) is 20.4. The third-order valence-corrected chi connectivity index (χ3v) is 7.54. The van der Waals surface area contributed by atoms with Crippen LogP contribution in [0.5, 0.6) is 0 Å². The highest BCUT2D eigenvalue weighted by Gasteiger charge is 2.27. The van der Waals surface area contributed by atoms with Crippen molar-refractivity contribution in [3.8, 4) is 0 Å². The number of hydrogen-bond acceptors (Lipinski definition) is 5. The smallest absolute Gasteiger partial charge is 0.269 e. The summed E-state index contributed by atoms with van der Waals surface area (Å²) in [6, 6.07) is 13.3. The first-order valence-corrected chi connectivity index (χ1v) is 13.2. The molecule has 200 valence electrons. The third kappa shape index (κ3) is 6.07. The standard InChI is InChI=1S/C31H33N5O3/c1-19-6-7-22(29(32)37)16-28-26(19)10-11-27(35-28)31(39)33-17-20-4-3-5-23(14-20)30(38)34-25-9-8-21-12-13-36(2)18-24(21)15-25/h3-9,11,14-16,19,26H,10,12-13,17-18H2,1-2H3,(H2,32,37)(H,33,39)(H,34,38). The van der Waals surface area contributed by atoms with Crippen molar-refractivity contribution in [1.29, 1.82) is 0 Å². The van der Waals surface area contributed by atoms with Crippen molar-refractivity contribution in [2.45, 2.75) is 32.9 Å². The zero-order chi connectivity index (χ0) is 27.5. The van der Waals surface area contributed by atoms with Crippen molar-refractivity contribution in [2.24, 2.45) is 22.6 Å². The van der Waals surface area contributed by atoms with Crippen molar-refractivity contribution < 1.29 is 14.4 Å². The molecule has 0 saturated carbocycles. The predicted octanol–water partition coefficient (Wildman–Crippen LogP) is 3.51. The van der Waals surface area contributed by atoms with E-state index < -0.39 is 5.91 Å². The number of carbonyl (C=O) groups excluding carboxylic acids is 3. The van der Waals surface area contributed by atoms with Crippen molar-refractivity contribution in [2.75, 3.05) is 18.9 Å². The lowest BCUT2D eigenvalue weighted by molar-refractivity contribution is -0.117. The number of hydrogen-bond donors (Lipinski definition) is 3. The average Bonchev–Trinajstić information content (AvgIpc) is 3.10. The van der Waals surface area contributed by atoms with E-state index in [0.717, 1.165) is 30.8 Å². The van der Waals surface area contributed by atoms with E-state index in [9.17, 15) is 14.4 Å². The van der Waals surface area contributed by atoms with Crippen molar-refractivity contribution in [1.82, 2.24) is 10.2 Å². The molecule has 8 heteroatoms. The first-order valence-electron chi connectivity index (χ1n) is 13.2. The second-order valence-electron chi connectivity index (χ2n) is 10.5. The number of allylic oxidation sites excluding steroid dienone is 3. The second kappa shape index (κ2) is 11.2. The van der Waals surface area contributed by atoms with Crippen LogP contribution in [0.4, 0.5) is 5.69 Å². The highest BCUT2D eigenvalue weighted by molar-refractivity contribution is 6.09. The molecule has 0 spiro atoms. The maximum atomic E-state index is 13.0. The van der Waals surface area contributed by atoms with Crippen LogP contribution in [-0.2, 0) is 29.1 Å². The number of rotatable bonds is 6. The van der Waals surface area contributed by atoms with Crippen LogP contribution < -0.4 is 16.4 Å². The average molecular weight is 524 g/mol. The maximum absolute atomic E-state index is 13.0. The van der Waals surface area contributed by atoms with Crippen molar-refractivity contribution >= 4 is 29.1 Å². The van der Waals surface area contributed by atoms with Crippen LogP contribution in [0.25, 0.3) is 0 Å². The molecule has 0 saturated heterocycles. The Morgan fingerprint density at radius 3 is 2.77 bits per heavy atom. The molecule has 2 atom stereocenters. The Morgan fingerprint density at radius 2 is 1.95 bits per heavy atom. The summed E-state index contributed by atoms with van der Waals surface area (Å²) in [7, 11) is 2.10. The first-order chi connectivity index (χ1) is 18.8. The van der Waals surface area contributed by atoms with Crippen LogP contribution in [0, 0.1) is 11.8 Å². The lowest BCUT2D eigenvalue weighted by Gasteiger charge is -2.25. The van der Waals surface area contributed by atoms with Crippen molar-refractivity contribution in [3.05, 3.63) is 100 Å². The van der Waals surface area contributed by atoms with Gasteiger partial charge in [0.25, 0.3) is 11.8 Å². The van der Waals surface area contributed by atoms with Gasteiger partial charge in [-0.25, -0.2) is 4.99 Å². The maximum Gasteiger partial charge on any atom is 0.269 e. The van der Waals surface area contributed by atoms with Gasteiger partial charge < -0.3 is 21.3 Å². The zero-order valence-electron chi connectivity index (χ0n) is 22.2. The van der Waals surface area contributed by atoms with Crippen LogP contribution in [0.3, 0.4) is 0 Å². The van der Waals surface area contributed by atoms with Gasteiger partial charge in [-0.3, -0.25) is 14.4 Å². The van der Waals surface area contributed by atoms with Gasteiger partial charge in [-0.1, -0.05) is 43.4 Å². The molecule has 2 aromatic rings. The van der Waals surface area contributed by atoms with Gasteiger partial charge in [0, 0.05) is 48.1 Å². The fourth-order valence-electron chi connectivity index (χ4n) is 5.22. The number of carbonyl (C=O) groups is 3. The number of likely N-dealkylation sites (N-methyl/N-ethyl adjacent to an activating group) is 1. The summed E-state index contributed by atoms with van der Waals surface area (Å²) >= 11 is 0. The van der Waals surface area contributed by atoms with E-state index in [-0.39, 0.29) is 30.2 Å². The first kappa shape index (κ1) is 26.3. The Bertz CT molecular complexity index is 1450. The highest BCUT2D eigenvalue weighted by atomic mass is 16.2. The van der Waals surface area contributed by atoms with Gasteiger partial charge in [0.1, 0.15) is 5.70 Å². The van der Waals surface area contributed by atoms with Crippen LogP contribution in [0.1, 0.15) is 40.4 Å². The van der Waals surface area contributed by atoms with Gasteiger partial charge in [0.05, 0.1) is 0 Å². The molecule has 0 aromatic heterocycles. The molecule has 2 aliphatic heterocycles. The van der Waals surface area contributed by atoms with E-state index in [4.69, 9.17) is 5.73 Å². The number of nitrogens with zero attached hydrogens (tertiary/aromatic N) is 2. The van der Waals surface area contributed by atoms with Gasteiger partial charge in [-0.05, 0) is 72.8 Å². The molecule has 1 aliphatic carbocycles. The SMILES string of the molecule is CC1C=CC(C(N)=O)=CC2=NC(C(=O)NCc3cccc(C(=O)Nc4ccc5c(c4)CN(C)CC5)c3)=CCC21. The van der Waals surface area contributed by atoms with Crippen LogP contribution in [-0.4, -0.2) is 41.9 Å². The predicted molar refractivity (Wildman–Crippen MR) is 152 cm³/mol. The number of fused-ring (bicyclic) bond motifs is 2. The van der Waals surface area contributed by atoms with E-state index in [1.54, 1.807) is 30.4 Å². The molecule has 0 bridgehead atoms.